The normalized spacial score (nSPS) is 11.6. The summed E-state index contributed by atoms with van der Waals surface area (Å²) in [6.07, 6.45) is 2.98. The third-order valence-electron chi connectivity index (χ3n) is 5.67. The fourth-order valence-electron chi connectivity index (χ4n) is 4.03. The van der Waals surface area contributed by atoms with E-state index in [1.807, 2.05) is 24.3 Å². The number of nitrogens with one attached hydrogen (secondary N) is 1. The van der Waals surface area contributed by atoms with Crippen LogP contribution in [0, 0.1) is 0 Å². The van der Waals surface area contributed by atoms with E-state index in [4.69, 9.17) is 10.9 Å². The van der Waals surface area contributed by atoms with E-state index in [1.54, 1.807) is 41.2 Å². The lowest BCUT2D eigenvalue weighted by atomic mass is 10.0. The van der Waals surface area contributed by atoms with Gasteiger partial charge in [-0.2, -0.15) is 5.10 Å². The van der Waals surface area contributed by atoms with Gasteiger partial charge in [0.15, 0.2) is 0 Å². The van der Waals surface area contributed by atoms with Crippen molar-refractivity contribution in [3.8, 4) is 5.69 Å². The first-order valence-corrected chi connectivity index (χ1v) is 12.3. The van der Waals surface area contributed by atoms with Crippen LogP contribution >= 0.6 is 0 Å². The zero-order valence-electron chi connectivity index (χ0n) is 18.8. The van der Waals surface area contributed by atoms with Crippen LogP contribution in [-0.2, 0) is 21.2 Å². The molecule has 0 unspecified atom stereocenters. The van der Waals surface area contributed by atoms with Gasteiger partial charge in [0.05, 0.1) is 33.8 Å². The van der Waals surface area contributed by atoms with Gasteiger partial charge >= 0.3 is 0 Å². The number of carbonyl (C=O) groups excluding carboxylic acids is 2. The number of nitrogens with zero attached hydrogens (tertiary/aromatic N) is 3. The van der Waals surface area contributed by atoms with E-state index in [0.29, 0.717) is 33.5 Å². The maximum atomic E-state index is 12.7. The summed E-state index contributed by atoms with van der Waals surface area (Å²) in [5.41, 5.74) is 8.13. The molecule has 36 heavy (non-hydrogen) atoms. The number of sulfonamides is 1. The SMILES string of the molecule is NC(=O)Cc1nn(-c2ccc(S(N)(=O)=O)cc2)c2c1ccc1ccc(NC(=O)c3cccnc3)cc12. The minimum absolute atomic E-state index is 0.0367. The fraction of sp³-hybridized carbons (Fsp3) is 0.0400. The third-order valence-corrected chi connectivity index (χ3v) is 6.60. The second-order valence-electron chi connectivity index (χ2n) is 8.13. The zero-order chi connectivity index (χ0) is 25.4. The monoisotopic (exact) mass is 500 g/mol. The first-order chi connectivity index (χ1) is 17.2. The molecule has 5 rings (SSSR count). The molecule has 180 valence electrons. The highest BCUT2D eigenvalue weighted by Crippen LogP contribution is 2.32. The predicted molar refractivity (Wildman–Crippen MR) is 135 cm³/mol. The Balaban J connectivity index is 1.68. The Kier molecular flexibility index (Phi) is 5.71. The summed E-state index contributed by atoms with van der Waals surface area (Å²) in [6.45, 7) is 0. The number of nitrogens with two attached hydrogens (primary N) is 2. The Hall–Kier alpha value is -4.61. The Labute approximate surface area is 205 Å². The van der Waals surface area contributed by atoms with Crippen LogP contribution in [0.15, 0.2) is 84.0 Å². The molecule has 5 N–H and O–H groups in total. The number of primary amides is 1. The average molecular weight is 501 g/mol. The van der Waals surface area contributed by atoms with E-state index in [9.17, 15) is 18.0 Å². The topological polar surface area (TPSA) is 163 Å². The Morgan fingerprint density at radius 2 is 1.72 bits per heavy atom. The van der Waals surface area contributed by atoms with Gasteiger partial charge in [-0.25, -0.2) is 18.2 Å². The van der Waals surface area contributed by atoms with Crippen molar-refractivity contribution in [3.63, 3.8) is 0 Å². The van der Waals surface area contributed by atoms with E-state index in [0.717, 1.165) is 10.8 Å². The summed E-state index contributed by atoms with van der Waals surface area (Å²) >= 11 is 0. The van der Waals surface area contributed by atoms with E-state index < -0.39 is 15.9 Å². The van der Waals surface area contributed by atoms with Gasteiger partial charge < -0.3 is 11.1 Å². The number of pyridine rings is 1. The lowest BCUT2D eigenvalue weighted by molar-refractivity contribution is -0.117. The van der Waals surface area contributed by atoms with Crippen LogP contribution in [0.3, 0.4) is 0 Å². The standard InChI is InChI=1S/C25H20N6O4S/c26-23(32)13-22-20-10-4-15-3-5-17(29-25(33)16-2-1-11-28-14-16)12-21(15)24(20)31(30-22)18-6-8-19(9-7-18)36(27,34)35/h1-12,14H,13H2,(H2,26,32)(H,29,33)(H2,27,34,35). The van der Waals surface area contributed by atoms with E-state index in [1.165, 1.54) is 18.3 Å². The molecule has 0 aliphatic carbocycles. The van der Waals surface area contributed by atoms with Gasteiger partial charge in [-0.15, -0.1) is 0 Å². The summed E-state index contributed by atoms with van der Waals surface area (Å²) < 4.78 is 25.0. The molecule has 2 amide bonds. The Morgan fingerprint density at radius 1 is 0.972 bits per heavy atom. The molecule has 0 saturated carbocycles. The highest BCUT2D eigenvalue weighted by molar-refractivity contribution is 7.89. The van der Waals surface area contributed by atoms with Gasteiger partial charge in [0.2, 0.25) is 15.9 Å². The molecule has 0 saturated heterocycles. The van der Waals surface area contributed by atoms with Crippen LogP contribution in [0.1, 0.15) is 16.1 Å². The Morgan fingerprint density at radius 3 is 2.39 bits per heavy atom. The van der Waals surface area contributed by atoms with Crippen molar-refractivity contribution in [1.29, 1.82) is 0 Å². The second kappa shape index (κ2) is 8.87. The highest BCUT2D eigenvalue weighted by Gasteiger charge is 2.18. The van der Waals surface area contributed by atoms with Crippen molar-refractivity contribution < 1.29 is 18.0 Å². The highest BCUT2D eigenvalue weighted by atomic mass is 32.2. The van der Waals surface area contributed by atoms with Crippen LogP contribution in [0.5, 0.6) is 0 Å². The molecule has 0 aliphatic heterocycles. The molecule has 10 nitrogen and oxygen atoms in total. The number of hydrogen-bond donors (Lipinski definition) is 3. The van der Waals surface area contributed by atoms with Gasteiger partial charge in [0, 0.05) is 28.9 Å². The molecule has 0 atom stereocenters. The van der Waals surface area contributed by atoms with Gasteiger partial charge in [0.25, 0.3) is 5.91 Å². The number of rotatable bonds is 6. The summed E-state index contributed by atoms with van der Waals surface area (Å²) in [6, 6.07) is 18.5. The number of amides is 2. The molecule has 5 aromatic rings. The number of fused-ring (bicyclic) bond motifs is 3. The number of carbonyl (C=O) groups is 2. The fourth-order valence-corrected chi connectivity index (χ4v) is 4.54. The van der Waals surface area contributed by atoms with Crippen LogP contribution < -0.4 is 16.2 Å². The molecule has 0 bridgehead atoms. The first-order valence-electron chi connectivity index (χ1n) is 10.8. The largest absolute Gasteiger partial charge is 0.369 e. The summed E-state index contributed by atoms with van der Waals surface area (Å²) in [5, 5.41) is 15.1. The maximum absolute atomic E-state index is 12.7. The molecule has 3 aromatic carbocycles. The van der Waals surface area contributed by atoms with E-state index >= 15 is 0 Å². The quantitative estimate of drug-likeness (QED) is 0.324. The van der Waals surface area contributed by atoms with Gasteiger partial charge in [0.1, 0.15) is 0 Å². The van der Waals surface area contributed by atoms with Crippen molar-refractivity contribution in [2.24, 2.45) is 10.9 Å². The number of anilines is 1. The molecule has 0 fully saturated rings. The molecule has 0 spiro atoms. The second-order valence-corrected chi connectivity index (χ2v) is 9.70. The van der Waals surface area contributed by atoms with Gasteiger partial charge in [-0.3, -0.25) is 14.6 Å². The minimum Gasteiger partial charge on any atom is -0.369 e. The van der Waals surface area contributed by atoms with E-state index in [2.05, 4.69) is 15.4 Å². The zero-order valence-corrected chi connectivity index (χ0v) is 19.6. The average Bonchev–Trinajstić information content (AvgIpc) is 3.22. The molecular weight excluding hydrogens is 480 g/mol. The van der Waals surface area contributed by atoms with Gasteiger partial charge in [-0.05, 0) is 53.9 Å². The molecule has 0 radical (unpaired) electrons. The molecule has 11 heteroatoms. The first kappa shape index (κ1) is 23.1. The molecule has 2 aromatic heterocycles. The predicted octanol–water partition coefficient (Wildman–Crippen LogP) is 2.50. The van der Waals surface area contributed by atoms with Crippen molar-refractivity contribution in [2.75, 3.05) is 5.32 Å². The summed E-state index contributed by atoms with van der Waals surface area (Å²) in [7, 11) is -3.87. The molecular formula is C25H20N6O4S. The summed E-state index contributed by atoms with van der Waals surface area (Å²) in [5.74, 6) is -0.847. The molecule has 2 heterocycles. The Bertz CT molecular complexity index is 1750. The lowest BCUT2D eigenvalue weighted by Crippen LogP contribution is -2.14. The van der Waals surface area contributed by atoms with Crippen molar-refractivity contribution in [1.82, 2.24) is 14.8 Å². The number of aromatic nitrogens is 3. The number of primary sulfonamides is 1. The van der Waals surface area contributed by atoms with Crippen molar-refractivity contribution in [2.45, 2.75) is 11.3 Å². The summed E-state index contributed by atoms with van der Waals surface area (Å²) in [4.78, 5) is 28.3. The van der Waals surface area contributed by atoms with Crippen LogP contribution in [0.2, 0.25) is 0 Å². The molecule has 0 aliphatic rings. The van der Waals surface area contributed by atoms with Crippen molar-refractivity contribution >= 4 is 49.2 Å². The van der Waals surface area contributed by atoms with Crippen LogP contribution in [-0.4, -0.2) is 35.0 Å². The smallest absolute Gasteiger partial charge is 0.257 e. The maximum Gasteiger partial charge on any atom is 0.257 e. The van der Waals surface area contributed by atoms with E-state index in [-0.39, 0.29) is 17.2 Å². The van der Waals surface area contributed by atoms with Crippen LogP contribution in [0.25, 0.3) is 27.4 Å². The van der Waals surface area contributed by atoms with Gasteiger partial charge in [-0.1, -0.05) is 18.2 Å². The minimum atomic E-state index is -3.87. The van der Waals surface area contributed by atoms with Crippen molar-refractivity contribution in [3.05, 3.63) is 90.4 Å². The lowest BCUT2D eigenvalue weighted by Gasteiger charge is -2.10. The third kappa shape index (κ3) is 4.40. The number of hydrogen-bond acceptors (Lipinski definition) is 6. The van der Waals surface area contributed by atoms with Crippen LogP contribution in [0.4, 0.5) is 5.69 Å². The number of benzene rings is 3.